The normalized spacial score (nSPS) is 18.6. The van der Waals surface area contributed by atoms with E-state index >= 15 is 0 Å². The highest BCUT2D eigenvalue weighted by atomic mass is 32.2. The molecule has 1 aliphatic rings. The lowest BCUT2D eigenvalue weighted by atomic mass is 10.1. The Kier molecular flexibility index (Phi) is 6.12. The summed E-state index contributed by atoms with van der Waals surface area (Å²) in [4.78, 5) is 12.1. The van der Waals surface area contributed by atoms with Gasteiger partial charge >= 0.3 is 0 Å². The Morgan fingerprint density at radius 3 is 2.77 bits per heavy atom. The highest BCUT2D eigenvalue weighted by molar-refractivity contribution is 8.15. The SMILES string of the molecule is COc1ccc(C[C@@H]2S/C(=N/N=C\CCc3ccc(C)o3)NC2=O)cc1. The van der Waals surface area contributed by atoms with Gasteiger partial charge in [0.15, 0.2) is 5.17 Å². The molecule has 1 amide bonds. The van der Waals surface area contributed by atoms with Crippen molar-refractivity contribution in [3.63, 3.8) is 0 Å². The first kappa shape index (κ1) is 18.3. The molecule has 0 saturated carbocycles. The Hall–Kier alpha value is -2.54. The Labute approximate surface area is 156 Å². The first-order valence-electron chi connectivity index (χ1n) is 8.39. The van der Waals surface area contributed by atoms with E-state index in [1.165, 1.54) is 11.8 Å². The molecule has 26 heavy (non-hydrogen) atoms. The number of amidine groups is 1. The van der Waals surface area contributed by atoms with Gasteiger partial charge < -0.3 is 14.5 Å². The summed E-state index contributed by atoms with van der Waals surface area (Å²) in [5.41, 5.74) is 1.08. The number of rotatable bonds is 7. The van der Waals surface area contributed by atoms with Gasteiger partial charge in [-0.3, -0.25) is 4.79 Å². The number of benzene rings is 1. The monoisotopic (exact) mass is 371 g/mol. The van der Waals surface area contributed by atoms with E-state index in [9.17, 15) is 4.79 Å². The fourth-order valence-corrected chi connectivity index (χ4v) is 3.50. The highest BCUT2D eigenvalue weighted by Crippen LogP contribution is 2.24. The molecule has 3 rings (SSSR count). The first-order chi connectivity index (χ1) is 12.6. The number of furan rings is 1. The summed E-state index contributed by atoms with van der Waals surface area (Å²) < 4.78 is 10.6. The molecular formula is C19H21N3O3S. The predicted octanol–water partition coefficient (Wildman–Crippen LogP) is 3.35. The van der Waals surface area contributed by atoms with E-state index in [-0.39, 0.29) is 11.2 Å². The average molecular weight is 371 g/mol. The van der Waals surface area contributed by atoms with Crippen molar-refractivity contribution in [3.05, 3.63) is 53.5 Å². The Balaban J connectivity index is 1.48. The fraction of sp³-hybridized carbons (Fsp3) is 0.316. The molecule has 0 aliphatic carbocycles. The number of hydrogen-bond donors (Lipinski definition) is 1. The minimum Gasteiger partial charge on any atom is -0.497 e. The quantitative estimate of drug-likeness (QED) is 0.598. The maximum Gasteiger partial charge on any atom is 0.239 e. The number of hydrogen-bond acceptors (Lipinski definition) is 6. The van der Waals surface area contributed by atoms with Crippen molar-refractivity contribution in [2.75, 3.05) is 7.11 Å². The van der Waals surface area contributed by atoms with Crippen molar-refractivity contribution in [3.8, 4) is 5.75 Å². The van der Waals surface area contributed by atoms with Crippen LogP contribution in [0.25, 0.3) is 0 Å². The number of thioether (sulfide) groups is 1. The van der Waals surface area contributed by atoms with E-state index in [4.69, 9.17) is 9.15 Å². The summed E-state index contributed by atoms with van der Waals surface area (Å²) >= 11 is 1.41. The lowest BCUT2D eigenvalue weighted by Crippen LogP contribution is -2.25. The van der Waals surface area contributed by atoms with Gasteiger partial charge in [0, 0.05) is 12.6 Å². The number of ether oxygens (including phenoxy) is 1. The van der Waals surface area contributed by atoms with Crippen LogP contribution in [0, 0.1) is 6.92 Å². The third-order valence-corrected chi connectivity index (χ3v) is 4.97. The maximum atomic E-state index is 12.1. The number of nitrogens with one attached hydrogen (secondary N) is 1. The summed E-state index contributed by atoms with van der Waals surface area (Å²) in [6.07, 6.45) is 3.88. The van der Waals surface area contributed by atoms with Crippen LogP contribution >= 0.6 is 11.8 Å². The second-order valence-electron chi connectivity index (χ2n) is 5.90. The number of amides is 1. The smallest absolute Gasteiger partial charge is 0.239 e. The molecule has 1 atom stereocenters. The standard InChI is InChI=1S/C19H21N3O3S/c1-13-5-8-16(25-13)4-3-11-20-22-19-21-18(23)17(26-19)12-14-6-9-15(24-2)10-7-14/h5-11,17H,3-4,12H2,1-2H3,(H,21,22,23)/b20-11-/t17-/m0/s1. The average Bonchev–Trinajstić information content (AvgIpc) is 3.21. The molecule has 2 aromatic rings. The minimum absolute atomic E-state index is 0.0363. The first-order valence-corrected chi connectivity index (χ1v) is 9.27. The van der Waals surface area contributed by atoms with Crippen LogP contribution in [0.1, 0.15) is 23.5 Å². The van der Waals surface area contributed by atoms with Gasteiger partial charge in [-0.25, -0.2) is 0 Å². The largest absolute Gasteiger partial charge is 0.497 e. The maximum absolute atomic E-state index is 12.1. The fourth-order valence-electron chi connectivity index (χ4n) is 2.54. The van der Waals surface area contributed by atoms with Gasteiger partial charge in [0.1, 0.15) is 17.3 Å². The van der Waals surface area contributed by atoms with Gasteiger partial charge in [0.25, 0.3) is 0 Å². The summed E-state index contributed by atoms with van der Waals surface area (Å²) in [6, 6.07) is 11.6. The number of methoxy groups -OCH3 is 1. The molecule has 0 bridgehead atoms. The Morgan fingerprint density at radius 1 is 1.27 bits per heavy atom. The van der Waals surface area contributed by atoms with Crippen molar-refractivity contribution < 1.29 is 13.9 Å². The van der Waals surface area contributed by atoms with E-state index in [0.29, 0.717) is 11.6 Å². The van der Waals surface area contributed by atoms with Crippen molar-refractivity contribution in [2.45, 2.75) is 31.4 Å². The molecule has 1 fully saturated rings. The summed E-state index contributed by atoms with van der Waals surface area (Å²) in [5.74, 6) is 2.61. The lowest BCUT2D eigenvalue weighted by Gasteiger charge is -2.06. The van der Waals surface area contributed by atoms with Crippen LogP contribution < -0.4 is 10.1 Å². The van der Waals surface area contributed by atoms with Crippen LogP contribution in [0.2, 0.25) is 0 Å². The van der Waals surface area contributed by atoms with Crippen LogP contribution in [-0.2, 0) is 17.6 Å². The third-order valence-electron chi connectivity index (χ3n) is 3.90. The number of nitrogens with zero attached hydrogens (tertiary/aromatic N) is 2. The topological polar surface area (TPSA) is 76.2 Å². The Bertz CT molecular complexity index is 812. The molecule has 1 saturated heterocycles. The van der Waals surface area contributed by atoms with Gasteiger partial charge in [0.05, 0.1) is 12.4 Å². The van der Waals surface area contributed by atoms with E-state index in [2.05, 4.69) is 15.5 Å². The molecule has 0 radical (unpaired) electrons. The molecule has 136 valence electrons. The molecule has 1 aromatic carbocycles. The Morgan fingerprint density at radius 2 is 2.08 bits per heavy atom. The second kappa shape index (κ2) is 8.71. The third kappa shape index (κ3) is 4.98. The van der Waals surface area contributed by atoms with Crippen LogP contribution in [0.5, 0.6) is 5.75 Å². The number of carbonyl (C=O) groups is 1. The van der Waals surface area contributed by atoms with E-state index in [1.54, 1.807) is 13.3 Å². The van der Waals surface area contributed by atoms with Crippen molar-refractivity contribution in [2.24, 2.45) is 10.2 Å². The van der Waals surface area contributed by atoms with Crippen LogP contribution in [0.4, 0.5) is 0 Å². The molecule has 2 heterocycles. The number of aryl methyl sites for hydroxylation is 2. The highest BCUT2D eigenvalue weighted by Gasteiger charge is 2.30. The van der Waals surface area contributed by atoms with Crippen molar-refractivity contribution in [1.29, 1.82) is 0 Å². The minimum atomic E-state index is -0.191. The van der Waals surface area contributed by atoms with Gasteiger partial charge in [-0.2, -0.15) is 5.10 Å². The molecule has 1 aliphatic heterocycles. The van der Waals surface area contributed by atoms with Crippen LogP contribution in [0.15, 0.2) is 51.0 Å². The van der Waals surface area contributed by atoms with Crippen LogP contribution in [0.3, 0.4) is 0 Å². The molecule has 7 heteroatoms. The zero-order valence-electron chi connectivity index (χ0n) is 14.8. The van der Waals surface area contributed by atoms with Gasteiger partial charge in [-0.05, 0) is 49.6 Å². The van der Waals surface area contributed by atoms with Gasteiger partial charge in [0.2, 0.25) is 5.91 Å². The molecular weight excluding hydrogens is 350 g/mol. The van der Waals surface area contributed by atoms with Crippen molar-refractivity contribution in [1.82, 2.24) is 5.32 Å². The molecule has 6 nitrogen and oxygen atoms in total. The zero-order chi connectivity index (χ0) is 18.4. The molecule has 0 unspecified atom stereocenters. The summed E-state index contributed by atoms with van der Waals surface area (Å²) in [5, 5.41) is 11.3. The van der Waals surface area contributed by atoms with Gasteiger partial charge in [-0.15, -0.1) is 5.10 Å². The molecule has 1 N–H and O–H groups in total. The predicted molar refractivity (Wildman–Crippen MR) is 104 cm³/mol. The zero-order valence-corrected chi connectivity index (χ0v) is 15.6. The van der Waals surface area contributed by atoms with E-state index in [0.717, 1.165) is 35.7 Å². The molecule has 1 aromatic heterocycles. The van der Waals surface area contributed by atoms with E-state index in [1.807, 2.05) is 43.3 Å². The molecule has 0 spiro atoms. The number of carbonyl (C=O) groups excluding carboxylic acids is 1. The lowest BCUT2D eigenvalue weighted by molar-refractivity contribution is -0.118. The second-order valence-corrected chi connectivity index (χ2v) is 7.09. The van der Waals surface area contributed by atoms with Crippen molar-refractivity contribution >= 4 is 29.1 Å². The van der Waals surface area contributed by atoms with E-state index < -0.39 is 0 Å². The van der Waals surface area contributed by atoms with Crippen LogP contribution in [-0.4, -0.2) is 29.6 Å². The summed E-state index contributed by atoms with van der Waals surface area (Å²) in [6.45, 7) is 1.92. The summed E-state index contributed by atoms with van der Waals surface area (Å²) in [7, 11) is 1.63. The van der Waals surface area contributed by atoms with Gasteiger partial charge in [-0.1, -0.05) is 23.9 Å².